The minimum absolute atomic E-state index is 0.0832. The number of aliphatic hydroxyl groups is 1. The Hall–Kier alpha value is -1.95. The molecule has 0 aliphatic carbocycles. The molecule has 6 heteroatoms. The van der Waals surface area contributed by atoms with E-state index in [0.717, 1.165) is 10.1 Å². The van der Waals surface area contributed by atoms with Crippen LogP contribution in [0.3, 0.4) is 0 Å². The van der Waals surface area contributed by atoms with Gasteiger partial charge >= 0.3 is 6.55 Å². The zero-order valence-electron chi connectivity index (χ0n) is 11.3. The molecule has 1 unspecified atom stereocenters. The van der Waals surface area contributed by atoms with E-state index in [4.69, 9.17) is 4.74 Å². The molecule has 4 nitrogen and oxygen atoms in total. The fourth-order valence-electron chi connectivity index (χ4n) is 1.90. The average molecular weight is 282 g/mol. The van der Waals surface area contributed by atoms with Gasteiger partial charge in [-0.3, -0.25) is 4.57 Å². The number of aromatic nitrogens is 2. The summed E-state index contributed by atoms with van der Waals surface area (Å²) < 4.78 is 31.6. The van der Waals surface area contributed by atoms with Crippen molar-refractivity contribution in [2.45, 2.75) is 33.1 Å². The van der Waals surface area contributed by atoms with E-state index in [-0.39, 0.29) is 12.4 Å². The van der Waals surface area contributed by atoms with Crippen molar-refractivity contribution in [2.24, 2.45) is 0 Å². The SMILES string of the molecule is Cc1ccc(OCc2nccn2C(F)F)c(C(C)O)c1. The summed E-state index contributed by atoms with van der Waals surface area (Å²) >= 11 is 0. The third-order valence-corrected chi connectivity index (χ3v) is 2.93. The van der Waals surface area contributed by atoms with Gasteiger partial charge in [0.15, 0.2) is 5.82 Å². The predicted octanol–water partition coefficient (Wildman–Crippen LogP) is 3.22. The van der Waals surface area contributed by atoms with E-state index >= 15 is 0 Å². The molecular formula is C14H16F2N2O2. The van der Waals surface area contributed by atoms with Gasteiger partial charge in [-0.1, -0.05) is 11.6 Å². The molecule has 0 saturated heterocycles. The van der Waals surface area contributed by atoms with E-state index in [9.17, 15) is 13.9 Å². The van der Waals surface area contributed by atoms with E-state index in [2.05, 4.69) is 4.98 Å². The summed E-state index contributed by atoms with van der Waals surface area (Å²) in [6, 6.07) is 5.35. The molecule has 2 rings (SSSR count). The van der Waals surface area contributed by atoms with Gasteiger partial charge in [0.05, 0.1) is 6.10 Å². The lowest BCUT2D eigenvalue weighted by Gasteiger charge is -2.14. The van der Waals surface area contributed by atoms with Crippen molar-refractivity contribution in [1.82, 2.24) is 9.55 Å². The van der Waals surface area contributed by atoms with Crippen LogP contribution in [0.5, 0.6) is 5.75 Å². The first-order chi connectivity index (χ1) is 9.49. The van der Waals surface area contributed by atoms with Crippen molar-refractivity contribution in [3.63, 3.8) is 0 Å². The molecular weight excluding hydrogens is 266 g/mol. The summed E-state index contributed by atoms with van der Waals surface area (Å²) in [4.78, 5) is 3.84. The van der Waals surface area contributed by atoms with Crippen molar-refractivity contribution in [3.05, 3.63) is 47.5 Å². The standard InChI is InChI=1S/C14H16F2N2O2/c1-9-3-4-12(11(7-9)10(2)19)20-8-13-17-5-6-18(13)14(15)16/h3-7,10,14,19H,8H2,1-2H3. The summed E-state index contributed by atoms with van der Waals surface area (Å²) in [7, 11) is 0. The van der Waals surface area contributed by atoms with Crippen LogP contribution in [-0.4, -0.2) is 14.7 Å². The van der Waals surface area contributed by atoms with Crippen molar-refractivity contribution < 1.29 is 18.6 Å². The Bertz CT molecular complexity index is 582. The molecule has 0 saturated carbocycles. The number of nitrogens with zero attached hydrogens (tertiary/aromatic N) is 2. The second-order valence-electron chi connectivity index (χ2n) is 4.53. The van der Waals surface area contributed by atoms with Crippen LogP contribution in [0, 0.1) is 6.92 Å². The number of rotatable bonds is 5. The lowest BCUT2D eigenvalue weighted by molar-refractivity contribution is 0.0630. The van der Waals surface area contributed by atoms with Gasteiger partial charge in [-0.25, -0.2) is 4.98 Å². The Morgan fingerprint density at radius 2 is 2.15 bits per heavy atom. The highest BCUT2D eigenvalue weighted by Gasteiger charge is 2.14. The first-order valence-corrected chi connectivity index (χ1v) is 6.20. The summed E-state index contributed by atoms with van der Waals surface area (Å²) in [6.07, 6.45) is 1.81. The topological polar surface area (TPSA) is 47.3 Å². The summed E-state index contributed by atoms with van der Waals surface area (Å²) in [5.41, 5.74) is 1.61. The average Bonchev–Trinajstić information content (AvgIpc) is 2.85. The van der Waals surface area contributed by atoms with Crippen LogP contribution in [0.2, 0.25) is 0 Å². The molecule has 1 atom stereocenters. The van der Waals surface area contributed by atoms with Gasteiger partial charge in [-0.05, 0) is 26.0 Å². The summed E-state index contributed by atoms with van der Waals surface area (Å²) in [5, 5.41) is 9.71. The maximum absolute atomic E-state index is 12.7. The van der Waals surface area contributed by atoms with Gasteiger partial charge in [0, 0.05) is 18.0 Å². The first-order valence-electron chi connectivity index (χ1n) is 6.20. The molecule has 2 aromatic rings. The van der Waals surface area contributed by atoms with Crippen LogP contribution in [0.1, 0.15) is 36.5 Å². The quantitative estimate of drug-likeness (QED) is 0.916. The van der Waals surface area contributed by atoms with Crippen LogP contribution in [0.15, 0.2) is 30.6 Å². The monoisotopic (exact) mass is 282 g/mol. The predicted molar refractivity (Wildman–Crippen MR) is 69.6 cm³/mol. The molecule has 1 aromatic heterocycles. The number of hydrogen-bond donors (Lipinski definition) is 1. The lowest BCUT2D eigenvalue weighted by atomic mass is 10.1. The van der Waals surface area contributed by atoms with Gasteiger partial charge in [-0.15, -0.1) is 0 Å². The molecule has 1 aromatic carbocycles. The van der Waals surface area contributed by atoms with Crippen molar-refractivity contribution in [2.75, 3.05) is 0 Å². The summed E-state index contributed by atoms with van der Waals surface area (Å²) in [6.45, 7) is 0.798. The first kappa shape index (κ1) is 14.5. The largest absolute Gasteiger partial charge is 0.485 e. The number of halogens is 2. The molecule has 1 heterocycles. The van der Waals surface area contributed by atoms with Gasteiger partial charge in [0.25, 0.3) is 0 Å². The molecule has 0 aliphatic heterocycles. The molecule has 0 radical (unpaired) electrons. The lowest BCUT2D eigenvalue weighted by Crippen LogP contribution is -2.08. The molecule has 0 spiro atoms. The van der Waals surface area contributed by atoms with Gasteiger partial charge < -0.3 is 9.84 Å². The highest BCUT2D eigenvalue weighted by molar-refractivity contribution is 5.38. The molecule has 108 valence electrons. The Balaban J connectivity index is 2.17. The maximum atomic E-state index is 12.7. The molecule has 0 amide bonds. The van der Waals surface area contributed by atoms with Crippen LogP contribution < -0.4 is 4.74 Å². The third-order valence-electron chi connectivity index (χ3n) is 2.93. The van der Waals surface area contributed by atoms with Crippen LogP contribution >= 0.6 is 0 Å². The van der Waals surface area contributed by atoms with E-state index in [1.807, 2.05) is 13.0 Å². The second-order valence-corrected chi connectivity index (χ2v) is 4.53. The number of ether oxygens (including phenoxy) is 1. The number of imidazole rings is 1. The maximum Gasteiger partial charge on any atom is 0.320 e. The third kappa shape index (κ3) is 3.14. The van der Waals surface area contributed by atoms with E-state index in [0.29, 0.717) is 11.3 Å². The Morgan fingerprint density at radius 3 is 2.80 bits per heavy atom. The Morgan fingerprint density at radius 1 is 1.40 bits per heavy atom. The molecule has 1 N–H and O–H groups in total. The molecule has 0 bridgehead atoms. The Labute approximate surface area is 115 Å². The molecule has 0 aliphatic rings. The number of aryl methyl sites for hydroxylation is 1. The highest BCUT2D eigenvalue weighted by Crippen LogP contribution is 2.27. The number of alkyl halides is 2. The fraction of sp³-hybridized carbons (Fsp3) is 0.357. The van der Waals surface area contributed by atoms with Crippen molar-refractivity contribution in [1.29, 1.82) is 0 Å². The number of hydrogen-bond acceptors (Lipinski definition) is 3. The van der Waals surface area contributed by atoms with Gasteiger partial charge in [0.1, 0.15) is 12.4 Å². The highest BCUT2D eigenvalue weighted by atomic mass is 19.3. The zero-order valence-corrected chi connectivity index (χ0v) is 11.3. The minimum atomic E-state index is -2.65. The molecule has 0 fully saturated rings. The zero-order chi connectivity index (χ0) is 14.7. The second kappa shape index (κ2) is 6.00. The van der Waals surface area contributed by atoms with Crippen molar-refractivity contribution >= 4 is 0 Å². The van der Waals surface area contributed by atoms with Crippen LogP contribution in [-0.2, 0) is 6.61 Å². The van der Waals surface area contributed by atoms with E-state index < -0.39 is 12.7 Å². The fourth-order valence-corrected chi connectivity index (χ4v) is 1.90. The van der Waals surface area contributed by atoms with Crippen molar-refractivity contribution in [3.8, 4) is 5.75 Å². The van der Waals surface area contributed by atoms with Gasteiger partial charge in [0.2, 0.25) is 0 Å². The smallest absolute Gasteiger partial charge is 0.320 e. The van der Waals surface area contributed by atoms with E-state index in [1.165, 1.54) is 12.4 Å². The number of benzene rings is 1. The minimum Gasteiger partial charge on any atom is -0.485 e. The molecule has 20 heavy (non-hydrogen) atoms. The number of aliphatic hydroxyl groups excluding tert-OH is 1. The van der Waals surface area contributed by atoms with Crippen LogP contribution in [0.4, 0.5) is 8.78 Å². The normalized spacial score (nSPS) is 12.7. The Kier molecular flexibility index (Phi) is 4.34. The van der Waals surface area contributed by atoms with Gasteiger partial charge in [-0.2, -0.15) is 8.78 Å². The van der Waals surface area contributed by atoms with E-state index in [1.54, 1.807) is 19.1 Å². The van der Waals surface area contributed by atoms with Crippen LogP contribution in [0.25, 0.3) is 0 Å². The summed E-state index contributed by atoms with van der Waals surface area (Å²) in [5.74, 6) is 0.603.